The van der Waals surface area contributed by atoms with Crippen LogP contribution in [0.25, 0.3) is 0 Å². The number of nitrogens with zero attached hydrogens (tertiary/aromatic N) is 2. The lowest BCUT2D eigenvalue weighted by Crippen LogP contribution is -2.25. The number of aromatic nitrogens is 1. The van der Waals surface area contributed by atoms with Crippen molar-refractivity contribution in [2.45, 2.75) is 13.3 Å². The third-order valence-electron chi connectivity index (χ3n) is 3.37. The molecule has 5 nitrogen and oxygen atoms in total. The van der Waals surface area contributed by atoms with E-state index >= 15 is 0 Å². The minimum atomic E-state index is -0.0542. The summed E-state index contributed by atoms with van der Waals surface area (Å²) in [5, 5.41) is 6.68. The van der Waals surface area contributed by atoms with Crippen molar-refractivity contribution in [2.75, 3.05) is 37.9 Å². The highest BCUT2D eigenvalue weighted by Crippen LogP contribution is 2.21. The molecule has 0 atom stereocenters. The summed E-state index contributed by atoms with van der Waals surface area (Å²) in [6.45, 7) is 2.47. The molecule has 0 aliphatic rings. The molecule has 1 aromatic carbocycles. The van der Waals surface area contributed by atoms with E-state index in [9.17, 15) is 4.79 Å². The van der Waals surface area contributed by atoms with E-state index in [0.29, 0.717) is 11.4 Å². The van der Waals surface area contributed by atoms with E-state index in [1.165, 1.54) is 22.6 Å². The van der Waals surface area contributed by atoms with Crippen molar-refractivity contribution in [2.24, 2.45) is 0 Å². The highest BCUT2D eigenvalue weighted by atomic mass is 32.1. The second kappa shape index (κ2) is 7.26. The predicted octanol–water partition coefficient (Wildman–Crippen LogP) is 2.53. The molecule has 0 radical (unpaired) electrons. The Balaban J connectivity index is 1.87. The van der Waals surface area contributed by atoms with Crippen molar-refractivity contribution in [1.82, 2.24) is 10.3 Å². The Morgan fingerprint density at radius 1 is 1.27 bits per heavy atom. The van der Waals surface area contributed by atoms with Gasteiger partial charge in [-0.05, 0) is 31.0 Å². The van der Waals surface area contributed by atoms with E-state index in [2.05, 4.69) is 44.8 Å². The predicted molar refractivity (Wildman–Crippen MR) is 93.2 cm³/mol. The van der Waals surface area contributed by atoms with Crippen molar-refractivity contribution in [3.05, 3.63) is 40.4 Å². The van der Waals surface area contributed by atoms with E-state index in [1.54, 1.807) is 7.05 Å². The van der Waals surface area contributed by atoms with E-state index in [-0.39, 0.29) is 5.91 Å². The molecule has 0 aliphatic carbocycles. The second-order valence-electron chi connectivity index (χ2n) is 5.25. The maximum absolute atomic E-state index is 12.2. The molecule has 118 valence electrons. The first-order valence-electron chi connectivity index (χ1n) is 7.21. The van der Waals surface area contributed by atoms with Crippen molar-refractivity contribution < 1.29 is 4.79 Å². The monoisotopic (exact) mass is 318 g/mol. The van der Waals surface area contributed by atoms with Gasteiger partial charge in [0, 0.05) is 33.4 Å². The van der Waals surface area contributed by atoms with Crippen LogP contribution in [0.1, 0.15) is 20.9 Å². The number of rotatable bonds is 6. The Kier molecular flexibility index (Phi) is 5.38. The van der Waals surface area contributed by atoms with Gasteiger partial charge in [0.05, 0.1) is 5.69 Å². The molecule has 0 unspecified atom stereocenters. The van der Waals surface area contributed by atoms with E-state index in [1.807, 2.05) is 21.0 Å². The van der Waals surface area contributed by atoms with Gasteiger partial charge >= 0.3 is 0 Å². The van der Waals surface area contributed by atoms with Gasteiger partial charge in [0.1, 0.15) is 4.88 Å². The lowest BCUT2D eigenvalue weighted by atomic mass is 10.1. The van der Waals surface area contributed by atoms with Crippen LogP contribution in [0.3, 0.4) is 0 Å². The fraction of sp³-hybridized carbons (Fsp3) is 0.375. The van der Waals surface area contributed by atoms with Crippen LogP contribution >= 0.6 is 11.3 Å². The first-order valence-corrected chi connectivity index (χ1v) is 8.02. The third kappa shape index (κ3) is 3.98. The fourth-order valence-electron chi connectivity index (χ4n) is 2.08. The van der Waals surface area contributed by atoms with Crippen LogP contribution in [0.2, 0.25) is 0 Å². The van der Waals surface area contributed by atoms with Crippen molar-refractivity contribution in [3.8, 4) is 0 Å². The molecule has 22 heavy (non-hydrogen) atoms. The van der Waals surface area contributed by atoms with Gasteiger partial charge in [-0.25, -0.2) is 4.98 Å². The second-order valence-corrected chi connectivity index (χ2v) is 6.25. The highest BCUT2D eigenvalue weighted by Gasteiger charge is 2.14. The summed E-state index contributed by atoms with van der Waals surface area (Å²) in [4.78, 5) is 19.2. The maximum Gasteiger partial charge on any atom is 0.263 e. The third-order valence-corrected chi connectivity index (χ3v) is 4.54. The van der Waals surface area contributed by atoms with Gasteiger partial charge in [-0.2, -0.15) is 0 Å². The lowest BCUT2D eigenvalue weighted by Gasteiger charge is -2.12. The standard InChI is InChI=1S/C16H22N4OS/c1-11-14(22-16(17-2)19-11)15(21)18-10-9-12-5-7-13(8-6-12)20(3)4/h5-8H,9-10H2,1-4H3,(H,17,19)(H,18,21). The molecule has 1 aromatic heterocycles. The van der Waals surface area contributed by atoms with Crippen molar-refractivity contribution >= 4 is 28.1 Å². The van der Waals surface area contributed by atoms with Crippen molar-refractivity contribution in [1.29, 1.82) is 0 Å². The summed E-state index contributed by atoms with van der Waals surface area (Å²) in [6, 6.07) is 8.37. The number of hydrogen-bond donors (Lipinski definition) is 2. The Morgan fingerprint density at radius 3 is 2.50 bits per heavy atom. The van der Waals surface area contributed by atoms with Crippen LogP contribution in [-0.4, -0.2) is 38.6 Å². The van der Waals surface area contributed by atoms with Gasteiger partial charge in [-0.3, -0.25) is 4.79 Å². The number of aryl methyl sites for hydroxylation is 1. The van der Waals surface area contributed by atoms with Gasteiger partial charge in [0.25, 0.3) is 5.91 Å². The van der Waals surface area contributed by atoms with Crippen LogP contribution in [0.5, 0.6) is 0 Å². The lowest BCUT2D eigenvalue weighted by molar-refractivity contribution is 0.0957. The number of anilines is 2. The number of carbonyl (C=O) groups is 1. The Hall–Kier alpha value is -2.08. The van der Waals surface area contributed by atoms with Crippen LogP contribution in [0, 0.1) is 6.92 Å². The Labute approximate surface area is 135 Å². The Morgan fingerprint density at radius 2 is 1.95 bits per heavy atom. The summed E-state index contributed by atoms with van der Waals surface area (Å²) in [6.07, 6.45) is 0.816. The molecular formula is C16H22N4OS. The van der Waals surface area contributed by atoms with Gasteiger partial charge in [0.15, 0.2) is 5.13 Å². The summed E-state index contributed by atoms with van der Waals surface area (Å²) in [7, 11) is 5.84. The zero-order valence-electron chi connectivity index (χ0n) is 13.4. The van der Waals surface area contributed by atoms with Crippen molar-refractivity contribution in [3.63, 3.8) is 0 Å². The molecule has 0 aliphatic heterocycles. The molecule has 0 saturated carbocycles. The average molecular weight is 318 g/mol. The van der Waals surface area contributed by atoms with Gasteiger partial charge < -0.3 is 15.5 Å². The molecule has 6 heteroatoms. The SMILES string of the molecule is CNc1nc(C)c(C(=O)NCCc2ccc(N(C)C)cc2)s1. The van der Waals surface area contributed by atoms with E-state index in [4.69, 9.17) is 0 Å². The van der Waals surface area contributed by atoms with Gasteiger partial charge in [0.2, 0.25) is 0 Å². The quantitative estimate of drug-likeness (QED) is 0.859. The van der Waals surface area contributed by atoms with E-state index < -0.39 is 0 Å². The first-order chi connectivity index (χ1) is 10.5. The van der Waals surface area contributed by atoms with Crippen LogP contribution in [0.15, 0.2) is 24.3 Å². The molecule has 0 spiro atoms. The summed E-state index contributed by atoms with van der Waals surface area (Å²) in [5.41, 5.74) is 3.15. The number of benzene rings is 1. The zero-order chi connectivity index (χ0) is 16.1. The first kappa shape index (κ1) is 16.3. The summed E-state index contributed by atoms with van der Waals surface area (Å²) < 4.78 is 0. The normalized spacial score (nSPS) is 10.4. The van der Waals surface area contributed by atoms with Gasteiger partial charge in [-0.15, -0.1) is 0 Å². The minimum absolute atomic E-state index is 0.0542. The smallest absolute Gasteiger partial charge is 0.263 e. The molecule has 0 bridgehead atoms. The highest BCUT2D eigenvalue weighted by molar-refractivity contribution is 7.17. The Bertz CT molecular complexity index is 634. The number of hydrogen-bond acceptors (Lipinski definition) is 5. The zero-order valence-corrected chi connectivity index (χ0v) is 14.3. The number of amides is 1. The molecule has 2 rings (SSSR count). The number of carbonyl (C=O) groups excluding carboxylic acids is 1. The number of thiazole rings is 1. The summed E-state index contributed by atoms with van der Waals surface area (Å²) in [5.74, 6) is -0.0542. The molecular weight excluding hydrogens is 296 g/mol. The topological polar surface area (TPSA) is 57.3 Å². The van der Waals surface area contributed by atoms with Gasteiger partial charge in [-0.1, -0.05) is 23.5 Å². The van der Waals surface area contributed by atoms with E-state index in [0.717, 1.165) is 17.2 Å². The number of nitrogens with one attached hydrogen (secondary N) is 2. The molecule has 2 N–H and O–H groups in total. The van der Waals surface area contributed by atoms with Crippen LogP contribution in [0.4, 0.5) is 10.8 Å². The molecule has 0 fully saturated rings. The average Bonchev–Trinajstić information content (AvgIpc) is 2.89. The van der Waals surface area contributed by atoms with Crippen LogP contribution < -0.4 is 15.5 Å². The fourth-order valence-corrected chi connectivity index (χ4v) is 2.91. The summed E-state index contributed by atoms with van der Waals surface area (Å²) >= 11 is 1.38. The maximum atomic E-state index is 12.2. The van der Waals surface area contributed by atoms with Crippen LogP contribution in [-0.2, 0) is 6.42 Å². The molecule has 1 heterocycles. The largest absolute Gasteiger partial charge is 0.378 e. The molecule has 2 aromatic rings. The molecule has 1 amide bonds. The molecule has 0 saturated heterocycles. The minimum Gasteiger partial charge on any atom is -0.378 e.